The fraction of sp³-hybridized carbons (Fsp3) is 0.347. The first-order valence-corrected chi connectivity index (χ1v) is 38.8. The van der Waals surface area contributed by atoms with Crippen molar-refractivity contribution < 1.29 is 13.2 Å². The molecule has 11 heteroatoms. The average Bonchev–Trinajstić information content (AvgIpc) is 0.878. The van der Waals surface area contributed by atoms with Crippen molar-refractivity contribution in [2.45, 2.75) is 225 Å². The van der Waals surface area contributed by atoms with E-state index in [2.05, 4.69) is 213 Å². The molecule has 0 spiro atoms. The predicted octanol–water partition coefficient (Wildman–Crippen LogP) is 29.1. The first-order valence-electron chi connectivity index (χ1n) is 38.8. The van der Waals surface area contributed by atoms with Crippen LogP contribution in [0, 0.1) is 17.5 Å². The highest BCUT2D eigenvalue weighted by molar-refractivity contribution is 5.58. The SMILES string of the molecule is CC.CC.CC(C)c1ccc(-c2cccnc2)nc1.CC(C)c1ccc(-c2ccncc2)nc1.CC(C)c1ccc(F)cc1.CC(C)c1cccc(F)c1.CC(C)c1ccccc1.CC(C)c1ccccc1F.CC(C)c1ccccn1.CC(C)c1ccccn1.CC(C)c1cccnc1.CC(C)c1ccncc1. The van der Waals surface area contributed by atoms with Crippen molar-refractivity contribution in [2.24, 2.45) is 0 Å². The minimum absolute atomic E-state index is 0.0995. The third-order valence-electron chi connectivity index (χ3n) is 16.2. The van der Waals surface area contributed by atoms with Crippen LogP contribution in [0.25, 0.3) is 22.5 Å². The lowest BCUT2D eigenvalue weighted by Gasteiger charge is -2.05. The molecule has 12 aromatic rings. The van der Waals surface area contributed by atoms with Crippen LogP contribution in [0.4, 0.5) is 13.2 Å². The second-order valence-corrected chi connectivity index (χ2v) is 28.1. The standard InChI is InChI=1S/2C13H14N2.3C9H11F.C9H12.4C8H11N.2C2H6/c1-10(2)12-3-4-13(15-9-12)11-5-7-14-8-6-11;1-10(2)11-5-6-13(15-9-11)12-4-3-7-14-8-12;1-7(2)8-3-5-9(10)6-4-8;1-7(2)8-4-3-5-9(10)6-8;1-7(2)8-5-3-4-6-9(8)10;1-8(2)9-6-4-3-5-7-9;1-7(2)8-3-5-9-6-4-8;1-7(2)8-4-3-5-9-6-8;2*1-7(2)8-5-3-4-6-9-8;2*1-2/h2*3-10H,1-2H3;3*3-7H,1-2H3;3-8H,1-2H3;4*3-7H,1-2H3;2*1-2H3. The van der Waals surface area contributed by atoms with Crippen LogP contribution in [0.15, 0.2) is 287 Å². The molecule has 0 aliphatic carbocycles. The van der Waals surface area contributed by atoms with Gasteiger partial charge in [0.25, 0.3) is 0 Å². The van der Waals surface area contributed by atoms with Crippen molar-refractivity contribution in [3.8, 4) is 22.5 Å². The number of halogens is 3. The molecule has 582 valence electrons. The zero-order valence-corrected chi connectivity index (χ0v) is 70.1. The number of nitrogens with zero attached hydrogens (tertiary/aromatic N) is 8. The highest BCUT2D eigenvalue weighted by atomic mass is 19.1. The number of pyridine rings is 8. The van der Waals surface area contributed by atoms with E-state index in [1.807, 2.05) is 212 Å². The van der Waals surface area contributed by atoms with Crippen LogP contribution >= 0.6 is 0 Å². The molecular weight excluding hydrogens is 1350 g/mol. The van der Waals surface area contributed by atoms with Crippen molar-refractivity contribution >= 4 is 0 Å². The number of hydrogen-bond donors (Lipinski definition) is 0. The van der Waals surface area contributed by atoms with Gasteiger partial charge in [-0.25, -0.2) is 13.2 Å². The molecule has 0 N–H and O–H groups in total. The number of benzene rings is 4. The number of hydrogen-bond acceptors (Lipinski definition) is 8. The van der Waals surface area contributed by atoms with Gasteiger partial charge in [-0.2, -0.15) is 0 Å². The van der Waals surface area contributed by atoms with Gasteiger partial charge in [0.15, 0.2) is 0 Å². The monoisotopic (exact) mass is 1480 g/mol. The maximum absolute atomic E-state index is 12.8. The highest BCUT2D eigenvalue weighted by Crippen LogP contribution is 2.23. The van der Waals surface area contributed by atoms with E-state index in [0.717, 1.165) is 45.0 Å². The van der Waals surface area contributed by atoms with Gasteiger partial charge in [-0.3, -0.25) is 39.9 Å². The molecule has 8 heterocycles. The second kappa shape index (κ2) is 58.0. The summed E-state index contributed by atoms with van der Waals surface area (Å²) in [5, 5.41) is 0. The zero-order chi connectivity index (χ0) is 81.5. The lowest BCUT2D eigenvalue weighted by Crippen LogP contribution is -1.90. The van der Waals surface area contributed by atoms with Gasteiger partial charge in [-0.05, 0) is 213 Å². The van der Waals surface area contributed by atoms with E-state index in [0.29, 0.717) is 53.3 Å². The topological polar surface area (TPSA) is 103 Å². The van der Waals surface area contributed by atoms with Crippen molar-refractivity contribution in [1.29, 1.82) is 0 Å². The molecule has 0 radical (unpaired) electrons. The van der Waals surface area contributed by atoms with Gasteiger partial charge in [0.2, 0.25) is 0 Å². The summed E-state index contributed by atoms with van der Waals surface area (Å²) < 4.78 is 37.7. The third-order valence-corrected chi connectivity index (χ3v) is 16.2. The van der Waals surface area contributed by atoms with Crippen LogP contribution in [0.5, 0.6) is 0 Å². The van der Waals surface area contributed by atoms with Crippen molar-refractivity contribution in [3.63, 3.8) is 0 Å². The Morgan fingerprint density at radius 2 is 0.596 bits per heavy atom. The van der Waals surface area contributed by atoms with E-state index in [9.17, 15) is 13.2 Å². The molecule has 0 bridgehead atoms. The summed E-state index contributed by atoms with van der Waals surface area (Å²) in [6.07, 6.45) is 22.1. The highest BCUT2D eigenvalue weighted by Gasteiger charge is 2.07. The summed E-state index contributed by atoms with van der Waals surface area (Å²) in [7, 11) is 0. The van der Waals surface area contributed by atoms with Gasteiger partial charge < -0.3 is 0 Å². The minimum Gasteiger partial charge on any atom is -0.265 e. The van der Waals surface area contributed by atoms with Gasteiger partial charge in [0.05, 0.1) is 11.4 Å². The smallest absolute Gasteiger partial charge is 0.126 e. The number of rotatable bonds is 12. The Balaban J connectivity index is 0.000000606. The van der Waals surface area contributed by atoms with E-state index < -0.39 is 0 Å². The maximum Gasteiger partial charge on any atom is 0.126 e. The molecule has 109 heavy (non-hydrogen) atoms. The number of aromatic nitrogens is 8. The Kier molecular flexibility index (Phi) is 51.5. The maximum atomic E-state index is 12.8. The summed E-state index contributed by atoms with van der Waals surface area (Å²) in [6.45, 7) is 50.6. The molecule has 0 fully saturated rings. The van der Waals surface area contributed by atoms with Crippen LogP contribution in [-0.2, 0) is 0 Å². The lowest BCUT2D eigenvalue weighted by molar-refractivity contribution is 0.598. The van der Waals surface area contributed by atoms with Gasteiger partial charge in [0.1, 0.15) is 17.5 Å². The summed E-state index contributed by atoms with van der Waals surface area (Å²) in [5.41, 5.74) is 16.1. The predicted molar refractivity (Wildman–Crippen MR) is 461 cm³/mol. The Labute approximate surface area is 657 Å². The molecule has 0 unspecified atom stereocenters. The molecule has 0 aliphatic rings. The van der Waals surface area contributed by atoms with Crippen molar-refractivity contribution in [1.82, 2.24) is 39.9 Å². The van der Waals surface area contributed by atoms with Gasteiger partial charge >= 0.3 is 0 Å². The van der Waals surface area contributed by atoms with E-state index in [1.54, 1.807) is 43.0 Å². The molecule has 0 amide bonds. The second-order valence-electron chi connectivity index (χ2n) is 28.1. The zero-order valence-electron chi connectivity index (χ0n) is 70.1. The average molecular weight is 1480 g/mol. The molecule has 0 atom stereocenters. The van der Waals surface area contributed by atoms with E-state index >= 15 is 0 Å². The van der Waals surface area contributed by atoms with Crippen LogP contribution in [0.3, 0.4) is 0 Å². The fourth-order valence-electron chi connectivity index (χ4n) is 9.27. The largest absolute Gasteiger partial charge is 0.265 e. The molecule has 8 aromatic heterocycles. The fourth-order valence-corrected chi connectivity index (χ4v) is 9.27. The minimum atomic E-state index is -0.163. The van der Waals surface area contributed by atoms with Gasteiger partial charge in [0, 0.05) is 96.9 Å². The Bertz CT molecular complexity index is 3730. The van der Waals surface area contributed by atoms with Crippen LogP contribution in [0.2, 0.25) is 0 Å². The Morgan fingerprint density at radius 1 is 0.220 bits per heavy atom. The quantitative estimate of drug-likeness (QED) is 0.119. The molecule has 0 saturated carbocycles. The van der Waals surface area contributed by atoms with Gasteiger partial charge in [-0.1, -0.05) is 269 Å². The molecule has 12 rings (SSSR count). The summed E-state index contributed by atoms with van der Waals surface area (Å²) in [5.74, 6) is 4.80. The molecule has 4 aromatic carbocycles. The first-order chi connectivity index (χ1) is 52.2. The van der Waals surface area contributed by atoms with E-state index in [1.165, 1.54) is 57.6 Å². The van der Waals surface area contributed by atoms with E-state index in [-0.39, 0.29) is 23.4 Å². The normalized spacial score (nSPS) is 10.1. The van der Waals surface area contributed by atoms with Crippen molar-refractivity contribution in [3.05, 3.63) is 360 Å². The summed E-state index contributed by atoms with van der Waals surface area (Å²) >= 11 is 0. The molecule has 8 nitrogen and oxygen atoms in total. The summed E-state index contributed by atoms with van der Waals surface area (Å²) in [6, 6.07) is 67.2. The van der Waals surface area contributed by atoms with Crippen LogP contribution < -0.4 is 0 Å². The molecule has 0 saturated heterocycles. The van der Waals surface area contributed by atoms with E-state index in [4.69, 9.17) is 0 Å². The molecular formula is C98H129F3N8. The van der Waals surface area contributed by atoms with Crippen LogP contribution in [-0.4, -0.2) is 39.9 Å². The van der Waals surface area contributed by atoms with Crippen molar-refractivity contribution in [2.75, 3.05) is 0 Å². The van der Waals surface area contributed by atoms with Crippen LogP contribution in [0.1, 0.15) is 281 Å². The Morgan fingerprint density at radius 3 is 0.917 bits per heavy atom. The Hall–Kier alpha value is -10.1. The summed E-state index contributed by atoms with van der Waals surface area (Å²) in [4.78, 5) is 33.2. The lowest BCUT2D eigenvalue weighted by atomic mass is 10.0. The third kappa shape index (κ3) is 42.9. The van der Waals surface area contributed by atoms with Gasteiger partial charge in [-0.15, -0.1) is 0 Å². The first kappa shape index (κ1) is 96.9. The molecule has 0 aliphatic heterocycles.